The Labute approximate surface area is 219 Å². The molecule has 0 saturated heterocycles. The molecule has 1 atom stereocenters. The van der Waals surface area contributed by atoms with Gasteiger partial charge in [0.2, 0.25) is 11.8 Å². The maximum Gasteiger partial charge on any atom is 0.304 e. The van der Waals surface area contributed by atoms with Crippen LogP contribution < -0.4 is 9.62 Å². The molecule has 2 aromatic rings. The van der Waals surface area contributed by atoms with E-state index in [2.05, 4.69) is 5.32 Å². The second kappa shape index (κ2) is 12.5. The van der Waals surface area contributed by atoms with Crippen LogP contribution in [0.1, 0.15) is 50.2 Å². The molecular weight excluding hydrogens is 495 g/mol. The van der Waals surface area contributed by atoms with E-state index in [0.29, 0.717) is 0 Å². The zero-order valence-corrected chi connectivity index (χ0v) is 22.8. The van der Waals surface area contributed by atoms with Crippen LogP contribution in [-0.2, 0) is 26.3 Å². The molecule has 37 heavy (non-hydrogen) atoms. The Bertz CT molecular complexity index is 1180. The molecule has 0 unspecified atom stereocenters. The van der Waals surface area contributed by atoms with Crippen molar-refractivity contribution in [2.75, 3.05) is 24.9 Å². The van der Waals surface area contributed by atoms with E-state index >= 15 is 0 Å². The number of halogens is 1. The van der Waals surface area contributed by atoms with Crippen molar-refractivity contribution in [1.29, 1.82) is 0 Å². The summed E-state index contributed by atoms with van der Waals surface area (Å²) in [7, 11) is -1.58. The molecule has 1 N–H and O–H groups in total. The van der Waals surface area contributed by atoms with Crippen LogP contribution in [0.2, 0.25) is 0 Å². The van der Waals surface area contributed by atoms with E-state index in [1.807, 2.05) is 31.2 Å². The van der Waals surface area contributed by atoms with E-state index in [1.165, 1.54) is 37.2 Å². The smallest absolute Gasteiger partial charge is 0.304 e. The van der Waals surface area contributed by atoms with Crippen molar-refractivity contribution in [2.24, 2.45) is 0 Å². The van der Waals surface area contributed by atoms with E-state index in [0.717, 1.165) is 57.9 Å². The maximum absolute atomic E-state index is 14.7. The highest BCUT2D eigenvalue weighted by Crippen LogP contribution is 2.24. The van der Waals surface area contributed by atoms with Crippen LogP contribution in [0.4, 0.5) is 10.1 Å². The minimum atomic E-state index is -4.21. The standard InChI is InChI=1S/C27H37FN4O4S/c1-20-14-16-22(17-15-20)18-31(21(2)27(34)29-23-10-6-5-7-11-23)26(33)19-32(37(35,36)30(3)4)25-13-9-8-12-24(25)28/h8-9,12-17,21,23H,5-7,10-11,18-19H2,1-4H3,(H,29,34)/t21-/m0/s1. The largest absolute Gasteiger partial charge is 0.352 e. The van der Waals surface area contributed by atoms with Crippen LogP contribution in [0.5, 0.6) is 0 Å². The Morgan fingerprint density at radius 1 is 1.03 bits per heavy atom. The van der Waals surface area contributed by atoms with Crippen LogP contribution in [0.25, 0.3) is 0 Å². The van der Waals surface area contributed by atoms with Gasteiger partial charge in [-0.1, -0.05) is 61.2 Å². The van der Waals surface area contributed by atoms with Crippen molar-refractivity contribution in [1.82, 2.24) is 14.5 Å². The number of para-hydroxylation sites is 1. The van der Waals surface area contributed by atoms with Crippen molar-refractivity contribution < 1.29 is 22.4 Å². The molecule has 8 nitrogen and oxygen atoms in total. The van der Waals surface area contributed by atoms with Gasteiger partial charge in [-0.05, 0) is 44.4 Å². The van der Waals surface area contributed by atoms with Gasteiger partial charge in [0, 0.05) is 26.7 Å². The fraction of sp³-hybridized carbons (Fsp3) is 0.481. The quantitative estimate of drug-likeness (QED) is 0.506. The predicted molar refractivity (Wildman–Crippen MR) is 143 cm³/mol. The fourth-order valence-electron chi connectivity index (χ4n) is 4.40. The number of rotatable bonds is 10. The number of benzene rings is 2. The molecule has 0 heterocycles. The van der Waals surface area contributed by atoms with Gasteiger partial charge in [0.1, 0.15) is 18.4 Å². The maximum atomic E-state index is 14.7. The zero-order valence-electron chi connectivity index (χ0n) is 22.0. The van der Waals surface area contributed by atoms with Gasteiger partial charge in [0.05, 0.1) is 5.69 Å². The number of hydrogen-bond donors (Lipinski definition) is 1. The first-order chi connectivity index (χ1) is 17.5. The van der Waals surface area contributed by atoms with Gasteiger partial charge in [-0.15, -0.1) is 0 Å². The van der Waals surface area contributed by atoms with Crippen LogP contribution in [0.3, 0.4) is 0 Å². The molecule has 1 saturated carbocycles. The van der Waals surface area contributed by atoms with Crippen molar-refractivity contribution in [3.8, 4) is 0 Å². The van der Waals surface area contributed by atoms with E-state index in [4.69, 9.17) is 0 Å². The van der Waals surface area contributed by atoms with Crippen LogP contribution in [0.15, 0.2) is 48.5 Å². The summed E-state index contributed by atoms with van der Waals surface area (Å²) in [5.74, 6) is -1.67. The Balaban J connectivity index is 1.92. The Hall–Kier alpha value is -2.98. The molecule has 0 aliphatic heterocycles. The predicted octanol–water partition coefficient (Wildman–Crippen LogP) is 3.61. The lowest BCUT2D eigenvalue weighted by Crippen LogP contribution is -2.53. The van der Waals surface area contributed by atoms with Gasteiger partial charge in [-0.25, -0.2) is 8.70 Å². The van der Waals surface area contributed by atoms with Gasteiger partial charge in [0.15, 0.2) is 0 Å². The third-order valence-electron chi connectivity index (χ3n) is 6.73. The highest BCUT2D eigenvalue weighted by molar-refractivity contribution is 7.90. The Kier molecular flexibility index (Phi) is 9.67. The molecule has 202 valence electrons. The number of carbonyl (C=O) groups is 2. The van der Waals surface area contributed by atoms with Crippen molar-refractivity contribution in [2.45, 2.75) is 64.6 Å². The Morgan fingerprint density at radius 2 is 1.65 bits per heavy atom. The summed E-state index contributed by atoms with van der Waals surface area (Å²) in [6, 6.07) is 12.2. The summed E-state index contributed by atoms with van der Waals surface area (Å²) < 4.78 is 42.7. The van der Waals surface area contributed by atoms with E-state index in [9.17, 15) is 22.4 Å². The third kappa shape index (κ3) is 7.29. The van der Waals surface area contributed by atoms with Gasteiger partial charge < -0.3 is 10.2 Å². The monoisotopic (exact) mass is 532 g/mol. The van der Waals surface area contributed by atoms with E-state index < -0.39 is 34.5 Å². The molecule has 0 spiro atoms. The SMILES string of the molecule is Cc1ccc(CN(C(=O)CN(c2ccccc2F)S(=O)(=O)N(C)C)[C@@H](C)C(=O)NC2CCCCC2)cc1. The summed E-state index contributed by atoms with van der Waals surface area (Å²) in [6.07, 6.45) is 5.03. The summed E-state index contributed by atoms with van der Waals surface area (Å²) >= 11 is 0. The topological polar surface area (TPSA) is 90.0 Å². The molecule has 0 bridgehead atoms. The first kappa shape index (κ1) is 28.6. The molecule has 1 aliphatic rings. The zero-order chi connectivity index (χ0) is 27.2. The number of carbonyl (C=O) groups excluding carboxylic acids is 2. The van der Waals surface area contributed by atoms with Crippen molar-refractivity contribution in [3.63, 3.8) is 0 Å². The van der Waals surface area contributed by atoms with Crippen LogP contribution in [-0.4, -0.2) is 62.2 Å². The minimum Gasteiger partial charge on any atom is -0.352 e. The van der Waals surface area contributed by atoms with Gasteiger partial charge in [-0.3, -0.25) is 9.59 Å². The molecule has 0 radical (unpaired) electrons. The highest BCUT2D eigenvalue weighted by Gasteiger charge is 2.34. The summed E-state index contributed by atoms with van der Waals surface area (Å²) in [6.45, 7) is 3.03. The summed E-state index contributed by atoms with van der Waals surface area (Å²) in [5, 5.41) is 3.06. The molecule has 1 fully saturated rings. The molecule has 0 aromatic heterocycles. The highest BCUT2D eigenvalue weighted by atomic mass is 32.2. The summed E-state index contributed by atoms with van der Waals surface area (Å²) in [4.78, 5) is 28.3. The molecule has 2 aromatic carbocycles. The number of nitrogens with one attached hydrogen (secondary N) is 1. The number of amides is 2. The fourth-order valence-corrected chi connectivity index (χ4v) is 5.46. The van der Waals surface area contributed by atoms with Crippen molar-refractivity contribution >= 4 is 27.7 Å². The average Bonchev–Trinajstić information content (AvgIpc) is 2.87. The van der Waals surface area contributed by atoms with Gasteiger partial charge >= 0.3 is 10.2 Å². The molecule has 10 heteroatoms. The Morgan fingerprint density at radius 3 is 2.24 bits per heavy atom. The average molecular weight is 533 g/mol. The number of nitrogens with zero attached hydrogens (tertiary/aromatic N) is 3. The second-order valence-corrected chi connectivity index (χ2v) is 11.8. The van der Waals surface area contributed by atoms with E-state index in [1.54, 1.807) is 6.92 Å². The van der Waals surface area contributed by atoms with Gasteiger partial charge in [0.25, 0.3) is 0 Å². The van der Waals surface area contributed by atoms with Gasteiger partial charge in [-0.2, -0.15) is 12.7 Å². The minimum absolute atomic E-state index is 0.0593. The molecular formula is C27H37FN4O4S. The normalized spacial score (nSPS) is 15.3. The lowest BCUT2D eigenvalue weighted by molar-refractivity contribution is -0.139. The molecule has 1 aliphatic carbocycles. The second-order valence-electron chi connectivity index (χ2n) is 9.77. The van der Waals surface area contributed by atoms with Crippen molar-refractivity contribution in [3.05, 3.63) is 65.5 Å². The first-order valence-corrected chi connectivity index (χ1v) is 14.0. The van der Waals surface area contributed by atoms with E-state index in [-0.39, 0.29) is 24.2 Å². The number of hydrogen-bond acceptors (Lipinski definition) is 4. The lowest BCUT2D eigenvalue weighted by atomic mass is 9.95. The third-order valence-corrected chi connectivity index (χ3v) is 8.54. The van der Waals surface area contributed by atoms with Crippen LogP contribution >= 0.6 is 0 Å². The van der Waals surface area contributed by atoms with Crippen LogP contribution in [0, 0.1) is 12.7 Å². The summed E-state index contributed by atoms with van der Waals surface area (Å²) in [5.41, 5.74) is 1.61. The first-order valence-electron chi connectivity index (χ1n) is 12.6. The molecule has 2 amide bonds. The lowest BCUT2D eigenvalue weighted by Gasteiger charge is -2.34. The number of aryl methyl sites for hydroxylation is 1. The molecule has 3 rings (SSSR count). The number of anilines is 1.